The number of hydrogen-bond donors (Lipinski definition) is 1. The van der Waals surface area contributed by atoms with Crippen LogP contribution < -0.4 is 5.32 Å². The first kappa shape index (κ1) is 16.6. The summed E-state index contributed by atoms with van der Waals surface area (Å²) in [5.74, 6) is 0. The smallest absolute Gasteiger partial charge is 0.192 e. The summed E-state index contributed by atoms with van der Waals surface area (Å²) in [5, 5.41) is 5.34. The maximum atomic E-state index is 6.13. The van der Waals surface area contributed by atoms with E-state index in [1.54, 1.807) is 12.1 Å². The van der Waals surface area contributed by atoms with Crippen molar-refractivity contribution < 1.29 is 0 Å². The molecule has 3 nitrogen and oxygen atoms in total. The zero-order valence-corrected chi connectivity index (χ0v) is 14.5. The van der Waals surface area contributed by atoms with Gasteiger partial charge in [0.15, 0.2) is 5.16 Å². The van der Waals surface area contributed by atoms with Gasteiger partial charge in [0.05, 0.1) is 5.02 Å². The zero-order chi connectivity index (χ0) is 15.5. The highest BCUT2D eigenvalue weighted by molar-refractivity contribution is 7.99. The molecule has 1 aromatic carbocycles. The molecule has 0 radical (unpaired) electrons. The van der Waals surface area contributed by atoms with E-state index in [9.17, 15) is 0 Å². The van der Waals surface area contributed by atoms with Gasteiger partial charge in [-0.1, -0.05) is 23.2 Å². The molecule has 112 valence electrons. The summed E-state index contributed by atoms with van der Waals surface area (Å²) in [6.45, 7) is 7.12. The molecule has 1 heterocycles. The molecular weight excluding hydrogens is 325 g/mol. The summed E-state index contributed by atoms with van der Waals surface area (Å²) in [4.78, 5) is 9.56. The molecule has 0 fully saturated rings. The van der Waals surface area contributed by atoms with Gasteiger partial charge in [-0.3, -0.25) is 0 Å². The number of rotatable bonds is 4. The molecule has 6 heteroatoms. The van der Waals surface area contributed by atoms with Gasteiger partial charge >= 0.3 is 0 Å². The Morgan fingerprint density at radius 1 is 1.14 bits per heavy atom. The highest BCUT2D eigenvalue weighted by atomic mass is 35.5. The summed E-state index contributed by atoms with van der Waals surface area (Å²) in [5.41, 5.74) is 1.12. The van der Waals surface area contributed by atoms with E-state index in [4.69, 9.17) is 23.2 Å². The third kappa shape index (κ3) is 5.47. The van der Waals surface area contributed by atoms with Crippen LogP contribution in [0.4, 0.5) is 0 Å². The standard InChI is InChI=1S/C15H17Cl2N3S/c1-15(2,3)20-9-10-7-18-14(19-8-10)21-13-6-11(16)4-5-12(13)17/h4-8,20H,9H2,1-3H3. The Kier molecular flexibility index (Phi) is 5.49. The molecule has 0 aliphatic carbocycles. The molecule has 21 heavy (non-hydrogen) atoms. The van der Waals surface area contributed by atoms with E-state index >= 15 is 0 Å². The topological polar surface area (TPSA) is 37.8 Å². The number of aromatic nitrogens is 2. The van der Waals surface area contributed by atoms with Crippen LogP contribution in [-0.2, 0) is 6.54 Å². The molecule has 0 aliphatic heterocycles. The second kappa shape index (κ2) is 6.97. The molecular formula is C15H17Cl2N3S. The minimum atomic E-state index is 0.0712. The Balaban J connectivity index is 2.04. The third-order valence-corrected chi connectivity index (χ3v) is 4.23. The average molecular weight is 342 g/mol. The molecule has 0 aliphatic rings. The van der Waals surface area contributed by atoms with E-state index in [0.29, 0.717) is 15.2 Å². The van der Waals surface area contributed by atoms with Gasteiger partial charge in [-0.25, -0.2) is 9.97 Å². The molecule has 2 aromatic rings. The number of nitrogens with zero attached hydrogens (tertiary/aromatic N) is 2. The molecule has 2 rings (SSSR count). The van der Waals surface area contributed by atoms with Crippen molar-refractivity contribution in [3.8, 4) is 0 Å². The average Bonchev–Trinajstić information content (AvgIpc) is 2.41. The minimum Gasteiger partial charge on any atom is -0.308 e. The van der Waals surface area contributed by atoms with Crippen molar-refractivity contribution >= 4 is 35.0 Å². The van der Waals surface area contributed by atoms with Gasteiger partial charge in [-0.05, 0) is 50.7 Å². The molecule has 0 saturated heterocycles. The summed E-state index contributed by atoms with van der Waals surface area (Å²) < 4.78 is 0. The summed E-state index contributed by atoms with van der Waals surface area (Å²) in [6.07, 6.45) is 3.65. The number of benzene rings is 1. The van der Waals surface area contributed by atoms with Gasteiger partial charge in [0.25, 0.3) is 0 Å². The molecule has 1 aromatic heterocycles. The minimum absolute atomic E-state index is 0.0712. The fourth-order valence-corrected chi connectivity index (χ4v) is 2.74. The van der Waals surface area contributed by atoms with Crippen LogP contribution in [0.2, 0.25) is 10.0 Å². The van der Waals surface area contributed by atoms with Gasteiger partial charge in [0.1, 0.15) is 0 Å². The van der Waals surface area contributed by atoms with Crippen LogP contribution in [0.1, 0.15) is 26.3 Å². The molecule has 0 spiro atoms. The van der Waals surface area contributed by atoms with Crippen molar-refractivity contribution in [3.05, 3.63) is 46.2 Å². The number of hydrogen-bond acceptors (Lipinski definition) is 4. The van der Waals surface area contributed by atoms with Crippen LogP contribution in [0, 0.1) is 0 Å². The Bertz CT molecular complexity index is 609. The first-order chi connectivity index (χ1) is 9.83. The maximum absolute atomic E-state index is 6.13. The van der Waals surface area contributed by atoms with Gasteiger partial charge < -0.3 is 5.32 Å². The van der Waals surface area contributed by atoms with Gasteiger partial charge in [-0.2, -0.15) is 0 Å². The fourth-order valence-electron chi connectivity index (χ4n) is 1.51. The van der Waals surface area contributed by atoms with E-state index < -0.39 is 0 Å². The maximum Gasteiger partial charge on any atom is 0.192 e. The molecule has 0 saturated carbocycles. The monoisotopic (exact) mass is 341 g/mol. The second-order valence-electron chi connectivity index (χ2n) is 5.65. The van der Waals surface area contributed by atoms with Crippen molar-refractivity contribution in [1.82, 2.24) is 15.3 Å². The SMILES string of the molecule is CC(C)(C)NCc1cnc(Sc2cc(Cl)ccc2Cl)nc1. The van der Waals surface area contributed by atoms with Crippen molar-refractivity contribution in [2.75, 3.05) is 0 Å². The first-order valence-corrected chi connectivity index (χ1v) is 8.09. The first-order valence-electron chi connectivity index (χ1n) is 6.52. The number of halogens is 2. The highest BCUT2D eigenvalue weighted by Crippen LogP contribution is 2.33. The summed E-state index contributed by atoms with van der Waals surface area (Å²) in [6, 6.07) is 5.34. The largest absolute Gasteiger partial charge is 0.308 e. The number of nitrogens with one attached hydrogen (secondary N) is 1. The van der Waals surface area contributed by atoms with Gasteiger partial charge in [0.2, 0.25) is 0 Å². The summed E-state index contributed by atoms with van der Waals surface area (Å²) in [7, 11) is 0. The fraction of sp³-hybridized carbons (Fsp3) is 0.333. The Morgan fingerprint density at radius 2 is 1.81 bits per heavy atom. The van der Waals surface area contributed by atoms with E-state index in [0.717, 1.165) is 17.0 Å². The van der Waals surface area contributed by atoms with Crippen molar-refractivity contribution in [2.24, 2.45) is 0 Å². The van der Waals surface area contributed by atoms with Crippen LogP contribution in [0.5, 0.6) is 0 Å². The van der Waals surface area contributed by atoms with Crippen LogP contribution in [0.3, 0.4) is 0 Å². The van der Waals surface area contributed by atoms with Crippen molar-refractivity contribution in [1.29, 1.82) is 0 Å². The van der Waals surface area contributed by atoms with Crippen LogP contribution in [0.25, 0.3) is 0 Å². The molecule has 0 bridgehead atoms. The Hall–Kier alpha value is -0.810. The van der Waals surface area contributed by atoms with Gasteiger partial charge in [0, 0.05) is 40.0 Å². The van der Waals surface area contributed by atoms with E-state index in [-0.39, 0.29) is 5.54 Å². The van der Waals surface area contributed by atoms with Crippen LogP contribution in [0.15, 0.2) is 40.6 Å². The van der Waals surface area contributed by atoms with Crippen LogP contribution >= 0.6 is 35.0 Å². The van der Waals surface area contributed by atoms with Gasteiger partial charge in [-0.15, -0.1) is 0 Å². The molecule has 0 amide bonds. The van der Waals surface area contributed by atoms with Crippen molar-refractivity contribution in [3.63, 3.8) is 0 Å². The van der Waals surface area contributed by atoms with Crippen LogP contribution in [-0.4, -0.2) is 15.5 Å². The quantitative estimate of drug-likeness (QED) is 0.808. The van der Waals surface area contributed by atoms with E-state index in [1.807, 2.05) is 18.5 Å². The normalized spacial score (nSPS) is 11.7. The molecule has 1 N–H and O–H groups in total. The lowest BCUT2D eigenvalue weighted by molar-refractivity contribution is 0.423. The lowest BCUT2D eigenvalue weighted by atomic mass is 10.1. The van der Waals surface area contributed by atoms with E-state index in [1.165, 1.54) is 11.8 Å². The summed E-state index contributed by atoms with van der Waals surface area (Å²) >= 11 is 13.5. The Morgan fingerprint density at radius 3 is 2.43 bits per heavy atom. The second-order valence-corrected chi connectivity index (χ2v) is 7.51. The third-order valence-electron chi connectivity index (χ3n) is 2.60. The predicted molar refractivity (Wildman–Crippen MR) is 89.2 cm³/mol. The molecule has 0 unspecified atom stereocenters. The van der Waals surface area contributed by atoms with Crippen molar-refractivity contribution in [2.45, 2.75) is 42.9 Å². The Labute approximate surface area is 139 Å². The van der Waals surface area contributed by atoms with E-state index in [2.05, 4.69) is 36.1 Å². The lowest BCUT2D eigenvalue weighted by Gasteiger charge is -2.20. The molecule has 0 atom stereocenters. The zero-order valence-electron chi connectivity index (χ0n) is 12.2. The lowest BCUT2D eigenvalue weighted by Crippen LogP contribution is -2.35. The predicted octanol–water partition coefficient (Wildman–Crippen LogP) is 4.82. The highest BCUT2D eigenvalue weighted by Gasteiger charge is 2.09.